The summed E-state index contributed by atoms with van der Waals surface area (Å²) in [6, 6.07) is 0.799. The van der Waals surface area contributed by atoms with Gasteiger partial charge in [0.15, 0.2) is 0 Å². The molecule has 2 rings (SSSR count). The number of hydrogen-bond donors (Lipinski definition) is 2. The van der Waals surface area contributed by atoms with E-state index in [9.17, 15) is 9.59 Å². The maximum Gasteiger partial charge on any atom is 0.242 e. The lowest BCUT2D eigenvalue weighted by Crippen LogP contribution is -2.48. The van der Waals surface area contributed by atoms with E-state index in [1.54, 1.807) is 0 Å². The SMILES string of the molecule is CCC1CCC(N(C(=O)CNC(=O)CN)C2CC2)CC1. The van der Waals surface area contributed by atoms with Crippen LogP contribution in [0.4, 0.5) is 0 Å². The van der Waals surface area contributed by atoms with Gasteiger partial charge >= 0.3 is 0 Å². The molecule has 2 aliphatic carbocycles. The molecule has 2 saturated carbocycles. The van der Waals surface area contributed by atoms with Crippen molar-refractivity contribution in [2.45, 2.75) is 64.0 Å². The molecule has 0 saturated heterocycles. The van der Waals surface area contributed by atoms with E-state index in [0.29, 0.717) is 12.1 Å². The lowest BCUT2D eigenvalue weighted by Gasteiger charge is -2.37. The zero-order valence-corrected chi connectivity index (χ0v) is 12.4. The second-order valence-electron chi connectivity index (χ2n) is 6.10. The summed E-state index contributed by atoms with van der Waals surface area (Å²) < 4.78 is 0. The molecular weight excluding hydrogens is 254 g/mol. The third kappa shape index (κ3) is 3.95. The normalized spacial score (nSPS) is 26.1. The molecule has 0 aromatic rings. The Labute approximate surface area is 121 Å². The van der Waals surface area contributed by atoms with E-state index < -0.39 is 0 Å². The van der Waals surface area contributed by atoms with E-state index in [1.165, 1.54) is 19.3 Å². The minimum absolute atomic E-state index is 0.0572. The highest BCUT2D eigenvalue weighted by Crippen LogP contribution is 2.36. The monoisotopic (exact) mass is 281 g/mol. The van der Waals surface area contributed by atoms with Crippen LogP contribution in [0.5, 0.6) is 0 Å². The molecule has 20 heavy (non-hydrogen) atoms. The van der Waals surface area contributed by atoms with Crippen molar-refractivity contribution >= 4 is 11.8 Å². The van der Waals surface area contributed by atoms with Crippen LogP contribution in [0.2, 0.25) is 0 Å². The molecule has 5 nitrogen and oxygen atoms in total. The molecule has 2 aliphatic rings. The first-order chi connectivity index (χ1) is 9.65. The van der Waals surface area contributed by atoms with Gasteiger partial charge in [0.05, 0.1) is 13.1 Å². The molecule has 0 aromatic heterocycles. The van der Waals surface area contributed by atoms with Crippen molar-refractivity contribution in [2.75, 3.05) is 13.1 Å². The molecule has 0 radical (unpaired) electrons. The number of carbonyl (C=O) groups excluding carboxylic acids is 2. The number of carbonyl (C=O) groups is 2. The van der Waals surface area contributed by atoms with E-state index >= 15 is 0 Å². The molecule has 0 spiro atoms. The molecule has 114 valence electrons. The summed E-state index contributed by atoms with van der Waals surface area (Å²) in [6.07, 6.45) is 8.17. The minimum atomic E-state index is -0.260. The lowest BCUT2D eigenvalue weighted by atomic mass is 9.84. The topological polar surface area (TPSA) is 75.4 Å². The predicted molar refractivity (Wildman–Crippen MR) is 78.0 cm³/mol. The van der Waals surface area contributed by atoms with Gasteiger partial charge in [-0.15, -0.1) is 0 Å². The fraction of sp³-hybridized carbons (Fsp3) is 0.867. The first-order valence-corrected chi connectivity index (χ1v) is 7.93. The van der Waals surface area contributed by atoms with E-state index in [4.69, 9.17) is 5.73 Å². The molecule has 3 N–H and O–H groups in total. The Morgan fingerprint density at radius 2 is 1.65 bits per heavy atom. The summed E-state index contributed by atoms with van der Waals surface area (Å²) in [6.45, 7) is 2.29. The maximum atomic E-state index is 12.4. The zero-order valence-electron chi connectivity index (χ0n) is 12.4. The molecule has 0 heterocycles. The van der Waals surface area contributed by atoms with Gasteiger partial charge in [-0.05, 0) is 44.4 Å². The number of nitrogens with one attached hydrogen (secondary N) is 1. The predicted octanol–water partition coefficient (Wildman–Crippen LogP) is 1.02. The molecule has 5 heteroatoms. The second kappa shape index (κ2) is 7.07. The van der Waals surface area contributed by atoms with Crippen molar-refractivity contribution in [3.05, 3.63) is 0 Å². The average molecular weight is 281 g/mol. The summed E-state index contributed by atoms with van der Waals surface area (Å²) in [5.41, 5.74) is 5.24. The highest BCUT2D eigenvalue weighted by Gasteiger charge is 2.38. The smallest absolute Gasteiger partial charge is 0.242 e. The van der Waals surface area contributed by atoms with Gasteiger partial charge in [0, 0.05) is 12.1 Å². The van der Waals surface area contributed by atoms with Crippen LogP contribution >= 0.6 is 0 Å². The molecule has 0 aromatic carbocycles. The Morgan fingerprint density at radius 1 is 1.10 bits per heavy atom. The lowest BCUT2D eigenvalue weighted by molar-refractivity contribution is -0.136. The van der Waals surface area contributed by atoms with E-state index in [0.717, 1.165) is 31.6 Å². The first kappa shape index (κ1) is 15.3. The van der Waals surface area contributed by atoms with E-state index in [2.05, 4.69) is 17.1 Å². The standard InChI is InChI=1S/C15H27N3O2/c1-2-11-3-5-12(6-4-11)18(13-7-8-13)15(20)10-17-14(19)9-16/h11-13H,2-10,16H2,1H3,(H,17,19). The highest BCUT2D eigenvalue weighted by molar-refractivity contribution is 5.86. The number of rotatable bonds is 6. The Hall–Kier alpha value is -1.10. The van der Waals surface area contributed by atoms with E-state index in [1.807, 2.05) is 0 Å². The van der Waals surface area contributed by atoms with Crippen LogP contribution < -0.4 is 11.1 Å². The molecule has 0 atom stereocenters. The van der Waals surface area contributed by atoms with Crippen LogP contribution in [-0.4, -0.2) is 41.9 Å². The van der Waals surface area contributed by atoms with E-state index in [-0.39, 0.29) is 24.9 Å². The number of hydrogen-bond acceptors (Lipinski definition) is 3. The summed E-state index contributed by atoms with van der Waals surface area (Å²) in [4.78, 5) is 25.6. The minimum Gasteiger partial charge on any atom is -0.346 e. The van der Waals surface area contributed by atoms with Crippen LogP contribution in [-0.2, 0) is 9.59 Å². The van der Waals surface area contributed by atoms with Gasteiger partial charge in [0.2, 0.25) is 11.8 Å². The third-order valence-corrected chi connectivity index (χ3v) is 4.64. The Kier molecular flexibility index (Phi) is 5.40. The maximum absolute atomic E-state index is 12.4. The van der Waals surface area contributed by atoms with Gasteiger partial charge in [0.1, 0.15) is 0 Å². The van der Waals surface area contributed by atoms with Crippen molar-refractivity contribution in [3.63, 3.8) is 0 Å². The zero-order chi connectivity index (χ0) is 14.5. The molecule has 0 bridgehead atoms. The number of nitrogens with two attached hydrogens (primary N) is 1. The first-order valence-electron chi connectivity index (χ1n) is 7.93. The van der Waals surface area contributed by atoms with Crippen molar-refractivity contribution in [1.29, 1.82) is 0 Å². The van der Waals surface area contributed by atoms with Gasteiger partial charge in [-0.1, -0.05) is 13.3 Å². The molecule has 0 aliphatic heterocycles. The van der Waals surface area contributed by atoms with Crippen LogP contribution in [0.15, 0.2) is 0 Å². The summed E-state index contributed by atoms with van der Waals surface area (Å²) in [5, 5.41) is 2.60. The second-order valence-corrected chi connectivity index (χ2v) is 6.10. The Bertz CT molecular complexity index is 347. The summed E-state index contributed by atoms with van der Waals surface area (Å²) in [7, 11) is 0. The molecule has 2 amide bonds. The third-order valence-electron chi connectivity index (χ3n) is 4.64. The van der Waals surface area contributed by atoms with Gasteiger partial charge in [-0.3, -0.25) is 9.59 Å². The summed E-state index contributed by atoms with van der Waals surface area (Å²) >= 11 is 0. The molecular formula is C15H27N3O2. The quantitative estimate of drug-likeness (QED) is 0.763. The largest absolute Gasteiger partial charge is 0.346 e. The fourth-order valence-electron chi connectivity index (χ4n) is 3.23. The molecule has 0 unspecified atom stereocenters. The summed E-state index contributed by atoms with van der Waals surface area (Å²) in [5.74, 6) is 0.636. The van der Waals surface area contributed by atoms with Gasteiger partial charge in [-0.2, -0.15) is 0 Å². The number of amides is 2. The van der Waals surface area contributed by atoms with Gasteiger partial charge in [0.25, 0.3) is 0 Å². The van der Waals surface area contributed by atoms with Crippen molar-refractivity contribution < 1.29 is 9.59 Å². The highest BCUT2D eigenvalue weighted by atomic mass is 16.2. The van der Waals surface area contributed by atoms with Gasteiger partial charge in [-0.25, -0.2) is 0 Å². The van der Waals surface area contributed by atoms with Crippen LogP contribution in [0.1, 0.15) is 51.9 Å². The van der Waals surface area contributed by atoms with Crippen molar-refractivity contribution in [3.8, 4) is 0 Å². The molecule has 2 fully saturated rings. The van der Waals surface area contributed by atoms with Crippen LogP contribution in [0, 0.1) is 5.92 Å². The Balaban J connectivity index is 1.87. The van der Waals surface area contributed by atoms with Crippen molar-refractivity contribution in [2.24, 2.45) is 11.7 Å². The number of nitrogens with zero attached hydrogens (tertiary/aromatic N) is 1. The van der Waals surface area contributed by atoms with Crippen LogP contribution in [0.25, 0.3) is 0 Å². The Morgan fingerprint density at radius 3 is 2.10 bits per heavy atom. The van der Waals surface area contributed by atoms with Gasteiger partial charge < -0.3 is 16.0 Å². The van der Waals surface area contributed by atoms with Crippen molar-refractivity contribution in [1.82, 2.24) is 10.2 Å². The average Bonchev–Trinajstić information content (AvgIpc) is 3.30. The van der Waals surface area contributed by atoms with Crippen LogP contribution in [0.3, 0.4) is 0 Å². The fourth-order valence-corrected chi connectivity index (χ4v) is 3.23.